The number of rotatable bonds is 1. The summed E-state index contributed by atoms with van der Waals surface area (Å²) in [7, 11) is 0. The van der Waals surface area contributed by atoms with Crippen LogP contribution in [0, 0.1) is 0 Å². The van der Waals surface area contributed by atoms with E-state index in [2.05, 4.69) is 54.1 Å². The van der Waals surface area contributed by atoms with E-state index < -0.39 is 0 Å². The van der Waals surface area contributed by atoms with Gasteiger partial charge in [0, 0.05) is 18.1 Å². The molecule has 94 valence electrons. The zero-order chi connectivity index (χ0) is 12.8. The van der Waals surface area contributed by atoms with Gasteiger partial charge in [-0.1, -0.05) is 25.1 Å². The van der Waals surface area contributed by atoms with Crippen LogP contribution < -0.4 is 0 Å². The summed E-state index contributed by atoms with van der Waals surface area (Å²) in [6.07, 6.45) is 4.32. The van der Waals surface area contributed by atoms with Crippen molar-refractivity contribution in [1.29, 1.82) is 0 Å². The van der Waals surface area contributed by atoms with E-state index in [0.29, 0.717) is 0 Å². The van der Waals surface area contributed by atoms with Crippen molar-refractivity contribution in [3.63, 3.8) is 0 Å². The molecule has 0 amide bonds. The van der Waals surface area contributed by atoms with E-state index >= 15 is 0 Å². The summed E-state index contributed by atoms with van der Waals surface area (Å²) in [4.78, 5) is 4.92. The summed E-state index contributed by atoms with van der Waals surface area (Å²) < 4.78 is 2.31. The highest BCUT2D eigenvalue weighted by Gasteiger charge is 2.20. The van der Waals surface area contributed by atoms with Crippen molar-refractivity contribution < 1.29 is 0 Å². The highest BCUT2D eigenvalue weighted by molar-refractivity contribution is 5.87. The van der Waals surface area contributed by atoms with Crippen LogP contribution in [0.4, 0.5) is 0 Å². The smallest absolute Gasteiger partial charge is 0.0909 e. The second kappa shape index (κ2) is 3.95. The average Bonchev–Trinajstić information content (AvgIpc) is 2.93. The molecule has 0 saturated carbocycles. The second-order valence-corrected chi connectivity index (χ2v) is 5.13. The SMILES string of the molecule is CCc1c2c(nc3ccccc13)-c1cccn1CC2. The Morgan fingerprint density at radius 1 is 1.16 bits per heavy atom. The highest BCUT2D eigenvalue weighted by atomic mass is 15.0. The summed E-state index contributed by atoms with van der Waals surface area (Å²) in [6, 6.07) is 12.8. The minimum absolute atomic E-state index is 1.07. The lowest BCUT2D eigenvalue weighted by Crippen LogP contribution is -2.13. The molecule has 2 nitrogen and oxygen atoms in total. The number of hydrogen-bond acceptors (Lipinski definition) is 1. The lowest BCUT2D eigenvalue weighted by atomic mass is 9.93. The van der Waals surface area contributed by atoms with E-state index in [-0.39, 0.29) is 0 Å². The molecule has 0 saturated heterocycles. The van der Waals surface area contributed by atoms with Gasteiger partial charge in [0.2, 0.25) is 0 Å². The third-order valence-corrected chi connectivity index (χ3v) is 4.14. The fourth-order valence-electron chi connectivity index (χ4n) is 3.26. The maximum Gasteiger partial charge on any atom is 0.0909 e. The molecule has 3 heterocycles. The van der Waals surface area contributed by atoms with Crippen molar-refractivity contribution in [3.05, 3.63) is 53.7 Å². The van der Waals surface area contributed by atoms with Crippen LogP contribution in [0.15, 0.2) is 42.6 Å². The fourth-order valence-corrected chi connectivity index (χ4v) is 3.26. The topological polar surface area (TPSA) is 17.8 Å². The van der Waals surface area contributed by atoms with Crippen LogP contribution in [0.5, 0.6) is 0 Å². The minimum Gasteiger partial charge on any atom is -0.346 e. The molecule has 19 heavy (non-hydrogen) atoms. The predicted molar refractivity (Wildman–Crippen MR) is 78.3 cm³/mol. The summed E-state index contributed by atoms with van der Waals surface area (Å²) in [5, 5.41) is 1.32. The molecule has 0 atom stereocenters. The van der Waals surface area contributed by atoms with Crippen LogP contribution in [0.1, 0.15) is 18.1 Å². The van der Waals surface area contributed by atoms with Crippen LogP contribution in [-0.4, -0.2) is 9.55 Å². The predicted octanol–water partition coefficient (Wildman–Crippen LogP) is 3.82. The van der Waals surface area contributed by atoms with E-state index in [0.717, 1.165) is 24.9 Å². The van der Waals surface area contributed by atoms with Gasteiger partial charge in [0.15, 0.2) is 0 Å². The Morgan fingerprint density at radius 2 is 2.05 bits per heavy atom. The molecule has 0 bridgehead atoms. The molecule has 4 rings (SSSR count). The zero-order valence-corrected chi connectivity index (χ0v) is 11.1. The molecular weight excluding hydrogens is 232 g/mol. The summed E-state index contributed by atoms with van der Waals surface area (Å²) in [5.74, 6) is 0. The van der Waals surface area contributed by atoms with Gasteiger partial charge < -0.3 is 4.57 Å². The molecule has 2 heteroatoms. The number of aromatic nitrogens is 2. The Balaban J connectivity index is 2.12. The lowest BCUT2D eigenvalue weighted by Gasteiger charge is -2.22. The fraction of sp³-hybridized carbons (Fsp3) is 0.235. The molecule has 0 unspecified atom stereocenters. The Kier molecular flexibility index (Phi) is 2.25. The van der Waals surface area contributed by atoms with E-state index in [1.807, 2.05) is 0 Å². The standard InChI is InChI=1S/C17H16N2/c1-2-12-13-6-3-4-7-15(13)18-17-14(12)9-11-19-10-5-8-16(17)19/h3-8,10H,2,9,11H2,1H3. The van der Waals surface area contributed by atoms with Crippen LogP contribution in [-0.2, 0) is 19.4 Å². The number of fused-ring (bicyclic) bond motifs is 4. The van der Waals surface area contributed by atoms with Crippen LogP contribution in [0.25, 0.3) is 22.3 Å². The van der Waals surface area contributed by atoms with Crippen molar-refractivity contribution >= 4 is 10.9 Å². The molecule has 0 N–H and O–H groups in total. The molecule has 0 spiro atoms. The number of hydrogen-bond donors (Lipinski definition) is 0. The largest absolute Gasteiger partial charge is 0.346 e. The molecule has 2 aromatic heterocycles. The van der Waals surface area contributed by atoms with Gasteiger partial charge in [0.05, 0.1) is 16.9 Å². The number of para-hydroxylation sites is 1. The first-order valence-electron chi connectivity index (χ1n) is 6.94. The van der Waals surface area contributed by atoms with Gasteiger partial charge in [-0.15, -0.1) is 0 Å². The molecular formula is C17H16N2. The Hall–Kier alpha value is -2.09. The number of nitrogens with zero attached hydrogens (tertiary/aromatic N) is 2. The van der Waals surface area contributed by atoms with Crippen LogP contribution >= 0.6 is 0 Å². The number of benzene rings is 1. The Morgan fingerprint density at radius 3 is 2.95 bits per heavy atom. The Bertz CT molecular complexity index is 768. The summed E-state index contributed by atoms with van der Waals surface area (Å²) in [6.45, 7) is 3.32. The maximum absolute atomic E-state index is 4.92. The third-order valence-electron chi connectivity index (χ3n) is 4.14. The second-order valence-electron chi connectivity index (χ2n) is 5.13. The van der Waals surface area contributed by atoms with Gasteiger partial charge in [-0.3, -0.25) is 0 Å². The molecule has 0 aliphatic carbocycles. The summed E-state index contributed by atoms with van der Waals surface area (Å²) >= 11 is 0. The normalized spacial score (nSPS) is 13.3. The minimum atomic E-state index is 1.07. The van der Waals surface area contributed by atoms with Gasteiger partial charge in [-0.2, -0.15) is 0 Å². The molecule has 1 aliphatic heterocycles. The monoisotopic (exact) mass is 248 g/mol. The number of pyridine rings is 1. The van der Waals surface area contributed by atoms with Crippen LogP contribution in [0.2, 0.25) is 0 Å². The van der Waals surface area contributed by atoms with Crippen LogP contribution in [0.3, 0.4) is 0 Å². The van der Waals surface area contributed by atoms with E-state index in [1.165, 1.54) is 27.9 Å². The van der Waals surface area contributed by atoms with Gasteiger partial charge in [0.1, 0.15) is 0 Å². The van der Waals surface area contributed by atoms with Gasteiger partial charge in [-0.05, 0) is 42.2 Å². The molecule has 0 radical (unpaired) electrons. The molecule has 3 aromatic rings. The number of aryl methyl sites for hydroxylation is 2. The first kappa shape index (κ1) is 10.8. The average molecular weight is 248 g/mol. The molecule has 1 aliphatic rings. The van der Waals surface area contributed by atoms with Gasteiger partial charge in [0.25, 0.3) is 0 Å². The lowest BCUT2D eigenvalue weighted by molar-refractivity contribution is 0.681. The van der Waals surface area contributed by atoms with E-state index in [9.17, 15) is 0 Å². The third kappa shape index (κ3) is 1.46. The van der Waals surface area contributed by atoms with Gasteiger partial charge in [-0.25, -0.2) is 4.98 Å². The first-order valence-corrected chi connectivity index (χ1v) is 6.94. The quantitative estimate of drug-likeness (QED) is 0.640. The van der Waals surface area contributed by atoms with Crippen molar-refractivity contribution in [3.8, 4) is 11.4 Å². The Labute approximate surface area is 112 Å². The zero-order valence-electron chi connectivity index (χ0n) is 11.1. The molecule has 0 fully saturated rings. The van der Waals surface area contributed by atoms with Crippen molar-refractivity contribution in [2.24, 2.45) is 0 Å². The van der Waals surface area contributed by atoms with E-state index in [4.69, 9.17) is 4.98 Å². The molecule has 1 aromatic carbocycles. The van der Waals surface area contributed by atoms with Gasteiger partial charge >= 0.3 is 0 Å². The van der Waals surface area contributed by atoms with Crippen molar-refractivity contribution in [2.45, 2.75) is 26.3 Å². The highest BCUT2D eigenvalue weighted by Crippen LogP contribution is 2.34. The van der Waals surface area contributed by atoms with Crippen molar-refractivity contribution in [2.75, 3.05) is 0 Å². The first-order chi connectivity index (χ1) is 9.38. The maximum atomic E-state index is 4.92. The van der Waals surface area contributed by atoms with Crippen molar-refractivity contribution in [1.82, 2.24) is 9.55 Å². The van der Waals surface area contributed by atoms with E-state index in [1.54, 1.807) is 0 Å². The summed E-state index contributed by atoms with van der Waals surface area (Å²) in [5.41, 5.74) is 6.50.